The summed E-state index contributed by atoms with van der Waals surface area (Å²) in [5.41, 5.74) is 8.40. The summed E-state index contributed by atoms with van der Waals surface area (Å²) < 4.78 is 8.80. The Morgan fingerprint density at radius 2 is 1.92 bits per heavy atom. The molecule has 2 fully saturated rings. The lowest BCUT2D eigenvalue weighted by Crippen LogP contribution is -2.42. The normalized spacial score (nSPS) is 17.9. The first-order valence-electron chi connectivity index (χ1n) is 12.9. The Hall–Kier alpha value is -2.98. The Labute approximate surface area is 221 Å². The Morgan fingerprint density at radius 3 is 2.49 bits per heavy atom. The molecule has 2 aromatic rings. The van der Waals surface area contributed by atoms with Gasteiger partial charge in [-0.3, -0.25) is 9.59 Å². The molecule has 1 aliphatic heterocycles. The van der Waals surface area contributed by atoms with Crippen LogP contribution < -0.4 is 20.7 Å². The molecule has 1 unspecified atom stereocenters. The van der Waals surface area contributed by atoms with Gasteiger partial charge in [0.25, 0.3) is 5.91 Å². The number of nitrogens with two attached hydrogens (primary N) is 1. The number of carbonyl (C=O) groups excluding carboxylic acids is 2. The molecule has 200 valence electrons. The van der Waals surface area contributed by atoms with Crippen LogP contribution in [0.25, 0.3) is 0 Å². The van der Waals surface area contributed by atoms with E-state index in [-0.39, 0.29) is 22.4 Å². The molecule has 2 heterocycles. The third kappa shape index (κ3) is 6.30. The molecule has 0 radical (unpaired) electrons. The maximum Gasteiger partial charge on any atom is 0.286 e. The van der Waals surface area contributed by atoms with Crippen molar-refractivity contribution in [2.24, 2.45) is 11.7 Å². The second kappa shape index (κ2) is 11.6. The molecule has 1 saturated heterocycles. The van der Waals surface area contributed by atoms with Crippen molar-refractivity contribution in [3.05, 3.63) is 42.0 Å². The minimum absolute atomic E-state index is 0.0283. The average molecular weight is 527 g/mol. The zero-order valence-electron chi connectivity index (χ0n) is 22.1. The van der Waals surface area contributed by atoms with Gasteiger partial charge >= 0.3 is 0 Å². The first-order chi connectivity index (χ1) is 17.7. The number of aromatic nitrogens is 2. The summed E-state index contributed by atoms with van der Waals surface area (Å²) in [5, 5.41) is 5.49. The zero-order valence-corrected chi connectivity index (χ0v) is 22.9. The number of hydrogen-bond acceptors (Lipinski definition) is 7. The minimum atomic E-state index is -0.669. The number of benzene rings is 1. The van der Waals surface area contributed by atoms with E-state index in [0.717, 1.165) is 62.4 Å². The average Bonchev–Trinajstić information content (AvgIpc) is 3.70. The molecule has 4 N–H and O–H groups in total. The van der Waals surface area contributed by atoms with Gasteiger partial charge in [-0.2, -0.15) is 0 Å². The smallest absolute Gasteiger partial charge is 0.286 e. The molecule has 10 heteroatoms. The summed E-state index contributed by atoms with van der Waals surface area (Å²) in [6.07, 6.45) is 8.70. The molecule has 0 bridgehead atoms. The summed E-state index contributed by atoms with van der Waals surface area (Å²) in [7, 11) is -0.267. The van der Waals surface area contributed by atoms with E-state index in [4.69, 9.17) is 10.5 Å². The molecule has 37 heavy (non-hydrogen) atoms. The molecule has 2 amide bonds. The van der Waals surface area contributed by atoms with Crippen LogP contribution in [0, 0.1) is 5.92 Å². The van der Waals surface area contributed by atoms with Crippen molar-refractivity contribution in [3.63, 3.8) is 0 Å². The lowest BCUT2D eigenvalue weighted by atomic mass is 9.93. The van der Waals surface area contributed by atoms with Crippen molar-refractivity contribution in [2.75, 3.05) is 36.2 Å². The number of anilines is 3. The van der Waals surface area contributed by atoms with Crippen LogP contribution in [0.3, 0.4) is 0 Å². The van der Waals surface area contributed by atoms with Crippen LogP contribution in [0.15, 0.2) is 30.6 Å². The van der Waals surface area contributed by atoms with Crippen molar-refractivity contribution in [1.82, 2.24) is 14.7 Å². The number of primary amides is 1. The van der Waals surface area contributed by atoms with Gasteiger partial charge in [-0.15, -0.1) is 10.7 Å². The summed E-state index contributed by atoms with van der Waals surface area (Å²) in [5.74, 6) is -0.160. The molecule has 1 aromatic carbocycles. The fraction of sp³-hybridized carbons (Fsp3) is 0.519. The highest BCUT2D eigenvalue weighted by Crippen LogP contribution is 2.50. The molecule has 9 nitrogen and oxygen atoms in total. The predicted octanol–water partition coefficient (Wildman–Crippen LogP) is 3.74. The van der Waals surface area contributed by atoms with Gasteiger partial charge in [-0.1, -0.05) is 19.9 Å². The van der Waals surface area contributed by atoms with E-state index in [9.17, 15) is 9.59 Å². The number of rotatable bonds is 10. The second-order valence-corrected chi connectivity index (χ2v) is 12.0. The van der Waals surface area contributed by atoms with E-state index in [0.29, 0.717) is 17.6 Å². The lowest BCUT2D eigenvalue weighted by molar-refractivity contribution is -0.121. The van der Waals surface area contributed by atoms with Gasteiger partial charge < -0.3 is 25.4 Å². The lowest BCUT2D eigenvalue weighted by Gasteiger charge is -2.38. The van der Waals surface area contributed by atoms with Crippen molar-refractivity contribution in [1.29, 1.82) is 0 Å². The van der Waals surface area contributed by atoms with Gasteiger partial charge in [-0.25, -0.2) is 9.97 Å². The largest absolute Gasteiger partial charge is 0.381 e. The summed E-state index contributed by atoms with van der Waals surface area (Å²) in [6.45, 7) is 8.80. The maximum atomic E-state index is 13.2. The highest BCUT2D eigenvalue weighted by molar-refractivity contribution is 8.13. The minimum Gasteiger partial charge on any atom is -0.381 e. The Kier molecular flexibility index (Phi) is 8.49. The number of carbonyl (C=O) groups is 2. The Balaban J connectivity index is 1.74. The molecule has 0 spiro atoms. The van der Waals surface area contributed by atoms with E-state index < -0.39 is 11.3 Å². The standard InChI is InChI=1S/C27H38N6O3S/c1-5-37(4)32-26(35)27(10-11-27)19-6-7-23(33(17-18(2)3)21-8-12-36-13-9-21)22(14-19)31-20-15-29-25(24(28)34)30-16-20/h5-7,14-16,18,21,31H,8-13,17H2,1-4H3,(H2,28,34)(H,32,35). The third-order valence-electron chi connectivity index (χ3n) is 7.00. The van der Waals surface area contributed by atoms with Crippen LogP contribution in [0.2, 0.25) is 0 Å². The summed E-state index contributed by atoms with van der Waals surface area (Å²) >= 11 is 0. The fourth-order valence-corrected chi connectivity index (χ4v) is 5.37. The van der Waals surface area contributed by atoms with Crippen molar-refractivity contribution in [2.45, 2.75) is 57.9 Å². The highest BCUT2D eigenvalue weighted by atomic mass is 32.2. The molecule has 1 saturated carbocycles. The van der Waals surface area contributed by atoms with E-state index in [1.54, 1.807) is 12.4 Å². The van der Waals surface area contributed by atoms with Crippen LogP contribution >= 0.6 is 10.7 Å². The number of hydrogen-bond donors (Lipinski definition) is 3. The van der Waals surface area contributed by atoms with Gasteiger partial charge in [0, 0.05) is 25.8 Å². The van der Waals surface area contributed by atoms with Crippen LogP contribution in [-0.4, -0.2) is 59.2 Å². The molecule has 1 aliphatic carbocycles. The van der Waals surface area contributed by atoms with Crippen molar-refractivity contribution in [3.8, 4) is 0 Å². The zero-order chi connectivity index (χ0) is 26.6. The molecular formula is C27H38N6O3S. The van der Waals surface area contributed by atoms with Crippen LogP contribution in [0.5, 0.6) is 0 Å². The number of ether oxygens (including phenoxy) is 1. The highest BCUT2D eigenvalue weighted by Gasteiger charge is 2.51. The fourth-order valence-electron chi connectivity index (χ4n) is 4.77. The Bertz CT molecular complexity index is 1160. The first-order valence-corrected chi connectivity index (χ1v) is 14.6. The molecule has 1 atom stereocenters. The van der Waals surface area contributed by atoms with Gasteiger partial charge in [0.2, 0.25) is 11.7 Å². The van der Waals surface area contributed by atoms with E-state index in [2.05, 4.69) is 57.0 Å². The second-order valence-electron chi connectivity index (χ2n) is 10.2. The predicted molar refractivity (Wildman–Crippen MR) is 151 cm³/mol. The molecule has 4 rings (SSSR count). The summed E-state index contributed by atoms with van der Waals surface area (Å²) in [4.78, 5) is 35.3. The van der Waals surface area contributed by atoms with E-state index in [1.165, 1.54) is 0 Å². The van der Waals surface area contributed by atoms with E-state index in [1.807, 2.05) is 18.5 Å². The topological polar surface area (TPSA) is 122 Å². The first kappa shape index (κ1) is 27.1. The van der Waals surface area contributed by atoms with Gasteiger partial charge in [0.15, 0.2) is 0 Å². The SMILES string of the molecule is C/C=S(\C)NC(=O)C1(c2ccc(N(CC(C)C)C3CCOCC3)c(Nc3cnc(C(N)=O)nc3)c2)CC1. The van der Waals surface area contributed by atoms with Crippen LogP contribution in [0.4, 0.5) is 17.1 Å². The Morgan fingerprint density at radius 1 is 1.24 bits per heavy atom. The molecule has 1 aromatic heterocycles. The number of nitrogens with one attached hydrogen (secondary N) is 2. The van der Waals surface area contributed by atoms with E-state index >= 15 is 0 Å². The number of nitrogens with zero attached hydrogens (tertiary/aromatic N) is 3. The quantitative estimate of drug-likeness (QED) is 0.403. The van der Waals surface area contributed by atoms with Crippen LogP contribution in [-0.2, 0) is 14.9 Å². The maximum absolute atomic E-state index is 13.2. The molecular weight excluding hydrogens is 488 g/mol. The van der Waals surface area contributed by atoms with Gasteiger partial charge in [-0.05, 0) is 67.8 Å². The van der Waals surface area contributed by atoms with Gasteiger partial charge in [0.05, 0.1) is 34.9 Å². The van der Waals surface area contributed by atoms with Gasteiger partial charge in [0.1, 0.15) is 0 Å². The summed E-state index contributed by atoms with van der Waals surface area (Å²) in [6, 6.07) is 6.70. The van der Waals surface area contributed by atoms with Crippen LogP contribution in [0.1, 0.15) is 62.6 Å². The number of amides is 2. The molecule has 2 aliphatic rings. The third-order valence-corrected chi connectivity index (χ3v) is 8.21. The van der Waals surface area contributed by atoms with Crippen molar-refractivity contribution >= 4 is 44.9 Å². The monoisotopic (exact) mass is 526 g/mol. The van der Waals surface area contributed by atoms with Crippen molar-refractivity contribution < 1.29 is 14.3 Å².